The van der Waals surface area contributed by atoms with E-state index in [-0.39, 0.29) is 17.8 Å². The number of hydrogen-bond acceptors (Lipinski definition) is 5. The minimum atomic E-state index is -0.427. The van der Waals surface area contributed by atoms with Gasteiger partial charge in [-0.3, -0.25) is 19.8 Å². The molecule has 1 fully saturated rings. The Kier molecular flexibility index (Phi) is 5.33. The Labute approximate surface area is 153 Å². The molecule has 26 heavy (non-hydrogen) atoms. The molecule has 1 aliphatic rings. The zero-order valence-electron chi connectivity index (χ0n) is 15.4. The molecule has 7 nitrogen and oxygen atoms in total. The molecule has 0 bridgehead atoms. The maximum Gasteiger partial charge on any atom is 0.275 e. The van der Waals surface area contributed by atoms with Gasteiger partial charge in [0, 0.05) is 43.6 Å². The molecule has 0 aromatic carbocycles. The Morgan fingerprint density at radius 2 is 2.27 bits per heavy atom. The quantitative estimate of drug-likeness (QED) is 0.857. The van der Waals surface area contributed by atoms with Crippen LogP contribution in [0.2, 0.25) is 0 Å². The fourth-order valence-electron chi connectivity index (χ4n) is 3.72. The number of aromatic amines is 1. The normalized spacial score (nSPS) is 19.2. The molecule has 1 aliphatic heterocycles. The largest absolute Gasteiger partial charge is 0.374 e. The van der Waals surface area contributed by atoms with E-state index < -0.39 is 5.56 Å². The second-order valence-electron chi connectivity index (χ2n) is 6.65. The average molecular weight is 352 g/mol. The lowest BCUT2D eigenvalue weighted by molar-refractivity contribution is 0.175. The Bertz CT molecular complexity index is 871. The summed E-state index contributed by atoms with van der Waals surface area (Å²) < 4.78 is 0. The average Bonchev–Trinajstić information content (AvgIpc) is 2.67. The van der Waals surface area contributed by atoms with Gasteiger partial charge >= 0.3 is 0 Å². The lowest BCUT2D eigenvalue weighted by Gasteiger charge is -2.44. The van der Waals surface area contributed by atoms with Crippen LogP contribution in [0.3, 0.4) is 0 Å². The molecule has 2 atom stereocenters. The topological polar surface area (TPSA) is 69.5 Å². The lowest BCUT2D eigenvalue weighted by Crippen LogP contribution is -2.52. The summed E-state index contributed by atoms with van der Waals surface area (Å²) in [6.07, 6.45) is 4.35. The van der Waals surface area contributed by atoms with Crippen molar-refractivity contribution in [2.24, 2.45) is 0 Å². The highest BCUT2D eigenvalue weighted by molar-refractivity contribution is 5.69. The van der Waals surface area contributed by atoms with E-state index in [9.17, 15) is 4.79 Å². The maximum atomic E-state index is 11.9. The van der Waals surface area contributed by atoms with Crippen LogP contribution in [0.5, 0.6) is 0 Å². The van der Waals surface area contributed by atoms with Crippen molar-refractivity contribution in [2.75, 3.05) is 24.5 Å². The summed E-state index contributed by atoms with van der Waals surface area (Å²) in [7, 11) is 0. The number of piperazine rings is 1. The predicted octanol–water partition coefficient (Wildman–Crippen LogP) is 2.55. The van der Waals surface area contributed by atoms with Gasteiger partial charge in [-0.25, -0.2) is 4.85 Å². The molecule has 0 amide bonds. The fourth-order valence-corrected chi connectivity index (χ4v) is 3.72. The Balaban J connectivity index is 1.80. The van der Waals surface area contributed by atoms with Gasteiger partial charge in [0.05, 0.1) is 18.5 Å². The SMILES string of the molecule is [C-]#[N+]c1c(N2CCN([C@H](C)c3cccnc3CC)C[C@H]2C)cn[nH]c1=O. The van der Waals surface area contributed by atoms with Crippen LogP contribution in [0.25, 0.3) is 4.85 Å². The van der Waals surface area contributed by atoms with Crippen LogP contribution in [-0.2, 0) is 6.42 Å². The van der Waals surface area contributed by atoms with Crippen molar-refractivity contribution in [1.82, 2.24) is 20.1 Å². The molecule has 0 aliphatic carbocycles. The third-order valence-corrected chi connectivity index (χ3v) is 5.15. The number of nitrogens with one attached hydrogen (secondary N) is 1. The van der Waals surface area contributed by atoms with Gasteiger partial charge in [-0.1, -0.05) is 13.0 Å². The molecule has 3 rings (SSSR count). The zero-order chi connectivity index (χ0) is 18.7. The highest BCUT2D eigenvalue weighted by Gasteiger charge is 2.30. The van der Waals surface area contributed by atoms with Gasteiger partial charge in [-0.15, -0.1) is 0 Å². The van der Waals surface area contributed by atoms with E-state index in [4.69, 9.17) is 6.57 Å². The summed E-state index contributed by atoms with van der Waals surface area (Å²) in [5.41, 5.74) is 2.73. The first kappa shape index (κ1) is 18.1. The lowest BCUT2D eigenvalue weighted by atomic mass is 10.0. The fraction of sp³-hybridized carbons (Fsp3) is 0.474. The minimum absolute atomic E-state index is 0.119. The summed E-state index contributed by atoms with van der Waals surface area (Å²) in [6, 6.07) is 4.61. The summed E-state index contributed by atoms with van der Waals surface area (Å²) in [5, 5.41) is 6.23. The molecule has 1 N–H and O–H groups in total. The van der Waals surface area contributed by atoms with E-state index in [1.54, 1.807) is 6.20 Å². The smallest absolute Gasteiger partial charge is 0.275 e. The monoisotopic (exact) mass is 352 g/mol. The second-order valence-corrected chi connectivity index (χ2v) is 6.65. The number of aromatic nitrogens is 3. The highest BCUT2D eigenvalue weighted by atomic mass is 16.1. The van der Waals surface area contributed by atoms with Crippen molar-refractivity contribution in [3.63, 3.8) is 0 Å². The molecular weight excluding hydrogens is 328 g/mol. The summed E-state index contributed by atoms with van der Waals surface area (Å²) in [5.74, 6) is 0. The van der Waals surface area contributed by atoms with Crippen molar-refractivity contribution in [3.8, 4) is 0 Å². The van der Waals surface area contributed by atoms with Crippen LogP contribution < -0.4 is 10.5 Å². The highest BCUT2D eigenvalue weighted by Crippen LogP contribution is 2.30. The van der Waals surface area contributed by atoms with Gasteiger partial charge in [0.2, 0.25) is 0 Å². The van der Waals surface area contributed by atoms with Crippen molar-refractivity contribution >= 4 is 11.4 Å². The van der Waals surface area contributed by atoms with Crippen molar-refractivity contribution in [2.45, 2.75) is 39.3 Å². The molecule has 0 spiro atoms. The predicted molar refractivity (Wildman–Crippen MR) is 102 cm³/mol. The summed E-state index contributed by atoms with van der Waals surface area (Å²) >= 11 is 0. The first-order valence-corrected chi connectivity index (χ1v) is 8.96. The molecule has 0 saturated carbocycles. The third-order valence-electron chi connectivity index (χ3n) is 5.15. The van der Waals surface area contributed by atoms with Gasteiger partial charge < -0.3 is 4.90 Å². The van der Waals surface area contributed by atoms with Crippen LogP contribution in [0.15, 0.2) is 29.3 Å². The first-order chi connectivity index (χ1) is 12.6. The van der Waals surface area contributed by atoms with Crippen molar-refractivity contribution in [3.05, 3.63) is 57.6 Å². The number of H-pyrrole nitrogens is 1. The molecule has 0 unspecified atom stereocenters. The van der Waals surface area contributed by atoms with E-state index in [0.29, 0.717) is 5.69 Å². The number of nitrogens with zero attached hydrogens (tertiary/aromatic N) is 5. The second kappa shape index (κ2) is 7.67. The van der Waals surface area contributed by atoms with E-state index >= 15 is 0 Å². The Morgan fingerprint density at radius 1 is 1.46 bits per heavy atom. The standard InChI is InChI=1S/C19H24N6O/c1-5-16-15(7-6-8-21-16)14(3)24-9-10-25(13(2)12-24)17-11-22-23-19(26)18(17)20-4/h6-8,11,13-14H,5,9-10,12H2,1-3H3,(H,23,26)/t13-,14-/m1/s1. The summed E-state index contributed by atoms with van der Waals surface area (Å²) in [6.45, 7) is 16.2. The van der Waals surface area contributed by atoms with Crippen molar-refractivity contribution in [1.29, 1.82) is 0 Å². The Morgan fingerprint density at radius 3 is 2.96 bits per heavy atom. The minimum Gasteiger partial charge on any atom is -0.374 e. The van der Waals surface area contributed by atoms with Crippen LogP contribution in [0.4, 0.5) is 11.4 Å². The molecule has 1 saturated heterocycles. The summed E-state index contributed by atoms with van der Waals surface area (Å²) in [4.78, 5) is 24.3. The van der Waals surface area contributed by atoms with Gasteiger partial charge in [-0.2, -0.15) is 5.10 Å². The number of aryl methyl sites for hydroxylation is 1. The first-order valence-electron chi connectivity index (χ1n) is 8.96. The number of anilines is 1. The van der Waals surface area contributed by atoms with E-state index in [2.05, 4.69) is 56.7 Å². The molecule has 136 valence electrons. The molecule has 0 radical (unpaired) electrons. The molecule has 3 heterocycles. The molecule has 2 aromatic rings. The third kappa shape index (κ3) is 3.33. The van der Waals surface area contributed by atoms with Crippen LogP contribution in [0.1, 0.15) is 38.1 Å². The number of pyridine rings is 1. The number of hydrogen-bond donors (Lipinski definition) is 1. The van der Waals surface area contributed by atoms with Gasteiger partial charge in [0.25, 0.3) is 11.2 Å². The van der Waals surface area contributed by atoms with E-state index in [0.717, 1.165) is 31.7 Å². The molecule has 2 aromatic heterocycles. The zero-order valence-corrected chi connectivity index (χ0v) is 15.4. The maximum absolute atomic E-state index is 11.9. The number of rotatable bonds is 4. The van der Waals surface area contributed by atoms with E-state index in [1.807, 2.05) is 12.3 Å². The van der Waals surface area contributed by atoms with Gasteiger partial charge in [0.1, 0.15) is 0 Å². The molecular formula is C19H24N6O. The van der Waals surface area contributed by atoms with Crippen LogP contribution >= 0.6 is 0 Å². The molecule has 7 heteroatoms. The van der Waals surface area contributed by atoms with E-state index in [1.165, 1.54) is 5.56 Å². The van der Waals surface area contributed by atoms with Gasteiger partial charge in [0.15, 0.2) is 0 Å². The van der Waals surface area contributed by atoms with Crippen LogP contribution in [-0.4, -0.2) is 45.8 Å². The van der Waals surface area contributed by atoms with Crippen molar-refractivity contribution < 1.29 is 0 Å². The van der Waals surface area contributed by atoms with Gasteiger partial charge in [-0.05, 0) is 31.9 Å². The van der Waals surface area contributed by atoms with Crippen LogP contribution in [0, 0.1) is 6.57 Å². The Hall–Kier alpha value is -2.72.